The monoisotopic (exact) mass is 237 g/mol. The standard InChI is InChI=1S/C14H11N3O/c15-14-12(10-6-8-16-9-7-10)13(17-18-14)11-4-2-1-3-5-11/h1-9H,15H2. The summed E-state index contributed by atoms with van der Waals surface area (Å²) in [7, 11) is 0. The van der Waals surface area contributed by atoms with Gasteiger partial charge >= 0.3 is 0 Å². The molecule has 3 aromatic rings. The van der Waals surface area contributed by atoms with E-state index in [0.29, 0.717) is 5.88 Å². The van der Waals surface area contributed by atoms with Crippen LogP contribution in [0.2, 0.25) is 0 Å². The lowest BCUT2D eigenvalue weighted by atomic mass is 10.0. The second-order valence-corrected chi connectivity index (χ2v) is 3.87. The van der Waals surface area contributed by atoms with Crippen molar-refractivity contribution in [2.24, 2.45) is 0 Å². The summed E-state index contributed by atoms with van der Waals surface area (Å²) in [6.07, 6.45) is 3.44. The minimum atomic E-state index is 0.319. The van der Waals surface area contributed by atoms with Crippen LogP contribution in [0, 0.1) is 0 Å². The highest BCUT2D eigenvalue weighted by molar-refractivity contribution is 5.86. The van der Waals surface area contributed by atoms with Gasteiger partial charge in [0.25, 0.3) is 0 Å². The van der Waals surface area contributed by atoms with Gasteiger partial charge in [-0.1, -0.05) is 35.5 Å². The Hall–Kier alpha value is -2.62. The minimum absolute atomic E-state index is 0.319. The molecular formula is C14H11N3O. The maximum absolute atomic E-state index is 5.86. The normalized spacial score (nSPS) is 10.4. The third-order valence-corrected chi connectivity index (χ3v) is 2.73. The van der Waals surface area contributed by atoms with E-state index >= 15 is 0 Å². The van der Waals surface area contributed by atoms with E-state index in [0.717, 1.165) is 22.4 Å². The molecule has 0 fully saturated rings. The molecular weight excluding hydrogens is 226 g/mol. The summed E-state index contributed by atoms with van der Waals surface area (Å²) >= 11 is 0. The average molecular weight is 237 g/mol. The van der Waals surface area contributed by atoms with Crippen LogP contribution in [0.3, 0.4) is 0 Å². The summed E-state index contributed by atoms with van der Waals surface area (Å²) in [5.41, 5.74) is 9.34. The molecule has 0 amide bonds. The topological polar surface area (TPSA) is 64.9 Å². The van der Waals surface area contributed by atoms with Gasteiger partial charge in [-0.15, -0.1) is 0 Å². The molecule has 0 aliphatic carbocycles. The number of anilines is 1. The number of nitrogens with two attached hydrogens (primary N) is 1. The van der Waals surface area contributed by atoms with E-state index in [9.17, 15) is 0 Å². The fraction of sp³-hybridized carbons (Fsp3) is 0. The first-order valence-corrected chi connectivity index (χ1v) is 5.57. The molecule has 18 heavy (non-hydrogen) atoms. The molecule has 88 valence electrons. The molecule has 0 radical (unpaired) electrons. The molecule has 0 saturated carbocycles. The van der Waals surface area contributed by atoms with Crippen LogP contribution in [0.25, 0.3) is 22.4 Å². The first-order chi connectivity index (χ1) is 8.86. The molecule has 3 rings (SSSR count). The largest absolute Gasteiger partial charge is 0.367 e. The summed E-state index contributed by atoms with van der Waals surface area (Å²) in [4.78, 5) is 4.00. The van der Waals surface area contributed by atoms with Crippen molar-refractivity contribution in [3.8, 4) is 22.4 Å². The lowest BCUT2D eigenvalue weighted by Gasteiger charge is -2.01. The molecule has 1 aromatic carbocycles. The maximum Gasteiger partial charge on any atom is 0.230 e. The predicted octanol–water partition coefficient (Wildman–Crippen LogP) is 2.99. The van der Waals surface area contributed by atoms with Crippen LogP contribution in [0.1, 0.15) is 0 Å². The highest BCUT2D eigenvalue weighted by Crippen LogP contribution is 2.35. The average Bonchev–Trinajstić information content (AvgIpc) is 2.83. The van der Waals surface area contributed by atoms with Gasteiger partial charge in [-0.2, -0.15) is 0 Å². The third-order valence-electron chi connectivity index (χ3n) is 2.73. The van der Waals surface area contributed by atoms with E-state index in [1.807, 2.05) is 42.5 Å². The highest BCUT2D eigenvalue weighted by Gasteiger charge is 2.16. The number of aromatic nitrogens is 2. The number of rotatable bonds is 2. The molecule has 0 aliphatic heterocycles. The molecule has 2 aromatic heterocycles. The zero-order valence-electron chi connectivity index (χ0n) is 9.58. The number of nitrogen functional groups attached to an aromatic ring is 1. The van der Waals surface area contributed by atoms with Crippen LogP contribution in [-0.4, -0.2) is 10.1 Å². The Kier molecular flexibility index (Phi) is 2.53. The molecule has 2 heterocycles. The Labute approximate surface area is 104 Å². The summed E-state index contributed by atoms with van der Waals surface area (Å²) in [5.74, 6) is 0.319. The summed E-state index contributed by atoms with van der Waals surface area (Å²) in [6.45, 7) is 0. The Bertz CT molecular complexity index is 647. The van der Waals surface area contributed by atoms with Crippen molar-refractivity contribution in [3.63, 3.8) is 0 Å². The zero-order chi connectivity index (χ0) is 12.4. The van der Waals surface area contributed by atoms with Crippen molar-refractivity contribution in [3.05, 3.63) is 54.9 Å². The fourth-order valence-electron chi connectivity index (χ4n) is 1.89. The van der Waals surface area contributed by atoms with Crippen molar-refractivity contribution >= 4 is 5.88 Å². The molecule has 0 bridgehead atoms. The zero-order valence-corrected chi connectivity index (χ0v) is 9.58. The second-order valence-electron chi connectivity index (χ2n) is 3.87. The second kappa shape index (κ2) is 4.33. The molecule has 0 atom stereocenters. The Morgan fingerprint density at radius 1 is 0.889 bits per heavy atom. The van der Waals surface area contributed by atoms with E-state index < -0.39 is 0 Å². The number of nitrogens with zero attached hydrogens (tertiary/aromatic N) is 2. The number of hydrogen-bond acceptors (Lipinski definition) is 4. The van der Waals surface area contributed by atoms with Crippen LogP contribution in [0.4, 0.5) is 5.88 Å². The van der Waals surface area contributed by atoms with Crippen LogP contribution in [0.5, 0.6) is 0 Å². The first-order valence-electron chi connectivity index (χ1n) is 5.57. The van der Waals surface area contributed by atoms with Gasteiger partial charge in [0.1, 0.15) is 5.69 Å². The number of hydrogen-bond donors (Lipinski definition) is 1. The van der Waals surface area contributed by atoms with Crippen LogP contribution in [-0.2, 0) is 0 Å². The van der Waals surface area contributed by atoms with Gasteiger partial charge in [-0.25, -0.2) is 0 Å². The van der Waals surface area contributed by atoms with Crippen LogP contribution in [0.15, 0.2) is 59.4 Å². The van der Waals surface area contributed by atoms with Crippen LogP contribution < -0.4 is 5.73 Å². The van der Waals surface area contributed by atoms with Crippen molar-refractivity contribution in [2.75, 3.05) is 5.73 Å². The lowest BCUT2D eigenvalue weighted by molar-refractivity contribution is 0.439. The van der Waals surface area contributed by atoms with E-state index in [2.05, 4.69) is 10.1 Å². The SMILES string of the molecule is Nc1onc(-c2ccccc2)c1-c1ccncc1. The first kappa shape index (κ1) is 10.5. The Balaban J connectivity index is 2.19. The van der Waals surface area contributed by atoms with E-state index in [4.69, 9.17) is 10.3 Å². The third kappa shape index (κ3) is 1.73. The van der Waals surface area contributed by atoms with Gasteiger partial charge in [0.2, 0.25) is 5.88 Å². The van der Waals surface area contributed by atoms with Crippen LogP contribution >= 0.6 is 0 Å². The van der Waals surface area contributed by atoms with E-state index in [-0.39, 0.29) is 0 Å². The van der Waals surface area contributed by atoms with Crippen molar-refractivity contribution in [2.45, 2.75) is 0 Å². The van der Waals surface area contributed by atoms with Crippen molar-refractivity contribution in [1.29, 1.82) is 0 Å². The highest BCUT2D eigenvalue weighted by atomic mass is 16.5. The molecule has 4 heteroatoms. The molecule has 0 spiro atoms. The smallest absolute Gasteiger partial charge is 0.230 e. The maximum atomic E-state index is 5.86. The summed E-state index contributed by atoms with van der Waals surface area (Å²) in [6, 6.07) is 13.6. The molecule has 0 unspecified atom stereocenters. The molecule has 0 aliphatic rings. The number of benzene rings is 1. The van der Waals surface area contributed by atoms with Gasteiger partial charge < -0.3 is 10.3 Å². The number of pyridine rings is 1. The van der Waals surface area contributed by atoms with Gasteiger partial charge in [-0.05, 0) is 17.7 Å². The van der Waals surface area contributed by atoms with E-state index in [1.54, 1.807) is 12.4 Å². The molecule has 2 N–H and O–H groups in total. The quantitative estimate of drug-likeness (QED) is 0.744. The summed E-state index contributed by atoms with van der Waals surface area (Å²) in [5, 5.41) is 4.04. The minimum Gasteiger partial charge on any atom is -0.367 e. The van der Waals surface area contributed by atoms with Crippen molar-refractivity contribution in [1.82, 2.24) is 10.1 Å². The summed E-state index contributed by atoms with van der Waals surface area (Å²) < 4.78 is 5.11. The molecule has 0 saturated heterocycles. The lowest BCUT2D eigenvalue weighted by Crippen LogP contribution is -1.87. The van der Waals surface area contributed by atoms with E-state index in [1.165, 1.54) is 0 Å². The Morgan fingerprint density at radius 3 is 2.33 bits per heavy atom. The predicted molar refractivity (Wildman–Crippen MR) is 69.6 cm³/mol. The van der Waals surface area contributed by atoms with Gasteiger partial charge in [0, 0.05) is 18.0 Å². The Morgan fingerprint density at radius 2 is 1.61 bits per heavy atom. The van der Waals surface area contributed by atoms with Gasteiger partial charge in [0.05, 0.1) is 5.56 Å². The van der Waals surface area contributed by atoms with Gasteiger partial charge in [0.15, 0.2) is 0 Å². The molecule has 4 nitrogen and oxygen atoms in total. The van der Waals surface area contributed by atoms with Gasteiger partial charge in [-0.3, -0.25) is 4.98 Å². The van der Waals surface area contributed by atoms with Crippen molar-refractivity contribution < 1.29 is 4.52 Å². The fourth-order valence-corrected chi connectivity index (χ4v) is 1.89.